The van der Waals surface area contributed by atoms with Crippen LogP contribution in [-0.2, 0) is 6.54 Å². The average molecular weight is 401 g/mol. The van der Waals surface area contributed by atoms with Crippen LogP contribution in [0, 0.1) is 0 Å². The number of hydrogen-bond acceptors (Lipinski definition) is 6. The Bertz CT molecular complexity index is 713. The molecule has 1 atom stereocenters. The Morgan fingerprint density at radius 3 is 2.00 bits per heavy atom. The quantitative estimate of drug-likeness (QED) is 0.662. The van der Waals surface area contributed by atoms with Crippen LogP contribution in [0.4, 0.5) is 0 Å². The summed E-state index contributed by atoms with van der Waals surface area (Å²) in [6, 6.07) is 15.8. The zero-order valence-electron chi connectivity index (χ0n) is 17.4. The molecule has 0 aromatic heterocycles. The van der Waals surface area contributed by atoms with E-state index in [-0.39, 0.29) is 0 Å². The molecular formula is C23H32N2O4. The normalized spacial score (nSPS) is 16.4. The number of hydrogen-bond donors (Lipinski definition) is 1. The molecule has 0 aliphatic carbocycles. The minimum Gasteiger partial charge on any atom is -0.497 e. The number of aliphatic hydroxyl groups is 1. The lowest BCUT2D eigenvalue weighted by Gasteiger charge is -2.35. The van der Waals surface area contributed by atoms with Crippen LogP contribution >= 0.6 is 0 Å². The maximum Gasteiger partial charge on any atom is 0.119 e. The topological polar surface area (TPSA) is 54.4 Å². The SMILES string of the molecule is CCOc1ccc(CN2CCN(CC(O)COc3ccc(OC)cc3)CC2)cc1. The molecule has 2 aromatic rings. The van der Waals surface area contributed by atoms with Crippen molar-refractivity contribution in [3.8, 4) is 17.2 Å². The number of nitrogens with zero attached hydrogens (tertiary/aromatic N) is 2. The number of rotatable bonds is 10. The monoisotopic (exact) mass is 400 g/mol. The molecule has 0 saturated carbocycles. The molecule has 1 N–H and O–H groups in total. The molecule has 0 spiro atoms. The van der Waals surface area contributed by atoms with Crippen molar-refractivity contribution in [2.45, 2.75) is 19.6 Å². The van der Waals surface area contributed by atoms with Gasteiger partial charge >= 0.3 is 0 Å². The number of piperazine rings is 1. The Morgan fingerprint density at radius 1 is 0.828 bits per heavy atom. The predicted molar refractivity (Wildman–Crippen MR) is 114 cm³/mol. The summed E-state index contributed by atoms with van der Waals surface area (Å²) in [5, 5.41) is 10.3. The Morgan fingerprint density at radius 2 is 1.38 bits per heavy atom. The van der Waals surface area contributed by atoms with E-state index >= 15 is 0 Å². The molecular weight excluding hydrogens is 368 g/mol. The van der Waals surface area contributed by atoms with E-state index in [0.717, 1.165) is 50.0 Å². The van der Waals surface area contributed by atoms with Crippen molar-refractivity contribution in [3.05, 3.63) is 54.1 Å². The van der Waals surface area contributed by atoms with E-state index in [4.69, 9.17) is 14.2 Å². The predicted octanol–water partition coefficient (Wildman–Crippen LogP) is 2.65. The van der Waals surface area contributed by atoms with Gasteiger partial charge in [0.15, 0.2) is 0 Å². The standard InChI is InChI=1S/C23H32N2O4/c1-3-28-22-6-4-19(5-7-22)16-24-12-14-25(15-13-24)17-20(26)18-29-23-10-8-21(27-2)9-11-23/h4-11,20,26H,3,12-18H2,1-2H3. The fraction of sp³-hybridized carbons (Fsp3) is 0.478. The van der Waals surface area contributed by atoms with Crippen molar-refractivity contribution in [3.63, 3.8) is 0 Å². The smallest absolute Gasteiger partial charge is 0.119 e. The Labute approximate surface area is 173 Å². The average Bonchev–Trinajstić information content (AvgIpc) is 2.75. The van der Waals surface area contributed by atoms with E-state index in [0.29, 0.717) is 19.8 Å². The maximum atomic E-state index is 10.3. The van der Waals surface area contributed by atoms with Crippen LogP contribution in [-0.4, -0.2) is 74.1 Å². The molecule has 1 aliphatic rings. The highest BCUT2D eigenvalue weighted by Gasteiger charge is 2.19. The van der Waals surface area contributed by atoms with Gasteiger partial charge in [0.1, 0.15) is 30.0 Å². The first-order valence-corrected chi connectivity index (χ1v) is 10.3. The summed E-state index contributed by atoms with van der Waals surface area (Å²) in [7, 11) is 1.64. The third kappa shape index (κ3) is 6.92. The maximum absolute atomic E-state index is 10.3. The molecule has 0 amide bonds. The molecule has 1 aliphatic heterocycles. The van der Waals surface area contributed by atoms with Gasteiger partial charge in [0.2, 0.25) is 0 Å². The van der Waals surface area contributed by atoms with Crippen molar-refractivity contribution < 1.29 is 19.3 Å². The van der Waals surface area contributed by atoms with E-state index < -0.39 is 6.10 Å². The molecule has 158 valence electrons. The molecule has 6 nitrogen and oxygen atoms in total. The van der Waals surface area contributed by atoms with Gasteiger partial charge in [0, 0.05) is 39.3 Å². The first-order valence-electron chi connectivity index (χ1n) is 10.3. The first-order chi connectivity index (χ1) is 14.2. The van der Waals surface area contributed by atoms with E-state index in [2.05, 4.69) is 21.9 Å². The van der Waals surface area contributed by atoms with Gasteiger partial charge in [0.25, 0.3) is 0 Å². The lowest BCUT2D eigenvalue weighted by atomic mass is 10.2. The van der Waals surface area contributed by atoms with Crippen LogP contribution in [0.3, 0.4) is 0 Å². The summed E-state index contributed by atoms with van der Waals surface area (Å²) < 4.78 is 16.3. The highest BCUT2D eigenvalue weighted by Crippen LogP contribution is 2.17. The van der Waals surface area contributed by atoms with Gasteiger partial charge in [-0.2, -0.15) is 0 Å². The van der Waals surface area contributed by atoms with Crippen molar-refractivity contribution in [2.75, 3.05) is 53.0 Å². The van der Waals surface area contributed by atoms with Gasteiger partial charge in [0.05, 0.1) is 13.7 Å². The van der Waals surface area contributed by atoms with Crippen molar-refractivity contribution in [1.82, 2.24) is 9.80 Å². The van der Waals surface area contributed by atoms with Crippen LogP contribution in [0.5, 0.6) is 17.2 Å². The summed E-state index contributed by atoms with van der Waals surface area (Å²) in [5.74, 6) is 2.46. The summed E-state index contributed by atoms with van der Waals surface area (Å²) in [6.07, 6.45) is -0.505. The molecule has 1 unspecified atom stereocenters. The second-order valence-corrected chi connectivity index (χ2v) is 7.29. The second-order valence-electron chi connectivity index (χ2n) is 7.29. The zero-order valence-corrected chi connectivity index (χ0v) is 17.4. The van der Waals surface area contributed by atoms with Gasteiger partial charge < -0.3 is 19.3 Å². The molecule has 6 heteroatoms. The summed E-state index contributed by atoms with van der Waals surface area (Å²) in [4.78, 5) is 4.75. The largest absolute Gasteiger partial charge is 0.497 e. The van der Waals surface area contributed by atoms with Gasteiger partial charge in [-0.15, -0.1) is 0 Å². The van der Waals surface area contributed by atoms with Crippen LogP contribution in [0.15, 0.2) is 48.5 Å². The molecule has 1 saturated heterocycles. The highest BCUT2D eigenvalue weighted by molar-refractivity contribution is 5.31. The van der Waals surface area contributed by atoms with E-state index in [1.54, 1.807) is 7.11 Å². The van der Waals surface area contributed by atoms with Crippen molar-refractivity contribution in [1.29, 1.82) is 0 Å². The third-order valence-electron chi connectivity index (χ3n) is 5.08. The summed E-state index contributed by atoms with van der Waals surface area (Å²) >= 11 is 0. The van der Waals surface area contributed by atoms with Crippen LogP contribution in [0.1, 0.15) is 12.5 Å². The van der Waals surface area contributed by atoms with Gasteiger partial charge in [-0.05, 0) is 48.9 Å². The Hall–Kier alpha value is -2.28. The van der Waals surface area contributed by atoms with Gasteiger partial charge in [-0.3, -0.25) is 9.80 Å². The fourth-order valence-electron chi connectivity index (χ4n) is 3.46. The summed E-state index contributed by atoms with van der Waals surface area (Å²) in [6.45, 7) is 8.47. The molecule has 0 radical (unpaired) electrons. The third-order valence-corrected chi connectivity index (χ3v) is 5.08. The van der Waals surface area contributed by atoms with E-state index in [1.807, 2.05) is 43.3 Å². The van der Waals surface area contributed by atoms with Crippen molar-refractivity contribution in [2.24, 2.45) is 0 Å². The second kappa shape index (κ2) is 11.0. The van der Waals surface area contributed by atoms with Crippen LogP contribution in [0.25, 0.3) is 0 Å². The molecule has 3 rings (SSSR count). The summed E-state index contributed by atoms with van der Waals surface area (Å²) in [5.41, 5.74) is 1.30. The fourth-order valence-corrected chi connectivity index (χ4v) is 3.46. The lowest BCUT2D eigenvalue weighted by molar-refractivity contribution is 0.0446. The number of methoxy groups -OCH3 is 1. The van der Waals surface area contributed by atoms with Crippen molar-refractivity contribution >= 4 is 0 Å². The Kier molecular flexibility index (Phi) is 8.16. The molecule has 29 heavy (non-hydrogen) atoms. The lowest BCUT2D eigenvalue weighted by Crippen LogP contribution is -2.48. The highest BCUT2D eigenvalue weighted by atomic mass is 16.5. The minimum absolute atomic E-state index is 0.290. The molecule has 1 fully saturated rings. The van der Waals surface area contributed by atoms with Crippen LogP contribution < -0.4 is 14.2 Å². The number of benzene rings is 2. The van der Waals surface area contributed by atoms with E-state index in [1.165, 1.54) is 5.56 Å². The number of β-amino-alcohol motifs (C(OH)–C–C–N with tert-alkyl or cyclic N) is 1. The Balaban J connectivity index is 1.35. The molecule has 1 heterocycles. The van der Waals surface area contributed by atoms with Crippen LogP contribution in [0.2, 0.25) is 0 Å². The first kappa shape index (κ1) is 21.4. The number of aliphatic hydroxyl groups excluding tert-OH is 1. The minimum atomic E-state index is -0.505. The zero-order chi connectivity index (χ0) is 20.5. The molecule has 2 aromatic carbocycles. The number of ether oxygens (including phenoxy) is 3. The molecule has 0 bridgehead atoms. The van der Waals surface area contributed by atoms with E-state index in [9.17, 15) is 5.11 Å². The van der Waals surface area contributed by atoms with Gasteiger partial charge in [-0.1, -0.05) is 12.1 Å². The van der Waals surface area contributed by atoms with Gasteiger partial charge in [-0.25, -0.2) is 0 Å².